The zero-order chi connectivity index (χ0) is 38.1. The van der Waals surface area contributed by atoms with Crippen LogP contribution in [0.4, 0.5) is 11.4 Å². The second-order valence-corrected chi connectivity index (χ2v) is 13.4. The van der Waals surface area contributed by atoms with Crippen LogP contribution in [0.15, 0.2) is 97.1 Å². The lowest BCUT2D eigenvalue weighted by Gasteiger charge is -2.25. The number of anilines is 2. The first-order chi connectivity index (χ1) is 26.3. The maximum Gasteiger partial charge on any atom is 0.314 e. The maximum atomic E-state index is 12.9. The molecule has 0 spiro atoms. The lowest BCUT2D eigenvalue weighted by atomic mass is 9.82. The van der Waals surface area contributed by atoms with E-state index in [1.807, 2.05) is 48.5 Å². The smallest absolute Gasteiger partial charge is 0.314 e. The zero-order valence-electron chi connectivity index (χ0n) is 30.9. The summed E-state index contributed by atoms with van der Waals surface area (Å²) in [5.74, 6) is 12.2. The lowest BCUT2D eigenvalue weighted by molar-refractivity contribution is -0.145. The standard InChI is InChI=1S/C46H46N2O6/c1-3-5-7-43(49)47-39-25-13-33(14-26-39)9-11-35-17-29-41(30-18-35)53-45(51)37-21-23-38(24-22-37)46(52)54-42-31-19-36(20-32-42)12-10-34-15-27-40(28-16-34)48-44(50)8-6-4-2/h13-20,25-32,37-38H,3-8,21-24H2,1-2H3,(H,47,49)(H,48,50). The average molecular weight is 723 g/mol. The first kappa shape index (κ1) is 39.1. The predicted molar refractivity (Wildman–Crippen MR) is 211 cm³/mol. The third kappa shape index (κ3) is 12.5. The fraction of sp³-hybridized carbons (Fsp3) is 0.304. The second-order valence-electron chi connectivity index (χ2n) is 13.4. The molecule has 276 valence electrons. The van der Waals surface area contributed by atoms with Crippen molar-refractivity contribution in [3.63, 3.8) is 0 Å². The number of carbonyl (C=O) groups is 4. The van der Waals surface area contributed by atoms with E-state index in [1.54, 1.807) is 48.5 Å². The highest BCUT2D eigenvalue weighted by Crippen LogP contribution is 2.31. The SMILES string of the molecule is CCCCC(=O)Nc1ccc(C#Cc2ccc(OC(=O)C3CCC(C(=O)Oc4ccc(C#Cc5ccc(NC(=O)CCCC)cc5)cc4)CC3)cc2)cc1. The van der Waals surface area contributed by atoms with Gasteiger partial charge in [-0.2, -0.15) is 0 Å². The molecule has 0 aromatic heterocycles. The van der Waals surface area contributed by atoms with Crippen LogP contribution < -0.4 is 20.1 Å². The molecular formula is C46H46N2O6. The fourth-order valence-electron chi connectivity index (χ4n) is 5.86. The van der Waals surface area contributed by atoms with Gasteiger partial charge in [0.05, 0.1) is 11.8 Å². The van der Waals surface area contributed by atoms with Crippen LogP contribution in [0.2, 0.25) is 0 Å². The molecule has 2 amide bonds. The van der Waals surface area contributed by atoms with E-state index in [0.717, 1.165) is 59.3 Å². The maximum absolute atomic E-state index is 12.9. The van der Waals surface area contributed by atoms with Crippen LogP contribution >= 0.6 is 0 Å². The Morgan fingerprint density at radius 1 is 0.500 bits per heavy atom. The number of ether oxygens (including phenoxy) is 2. The van der Waals surface area contributed by atoms with E-state index in [9.17, 15) is 19.2 Å². The van der Waals surface area contributed by atoms with Crippen molar-refractivity contribution in [1.82, 2.24) is 0 Å². The molecule has 8 nitrogen and oxygen atoms in total. The molecule has 0 atom stereocenters. The molecule has 2 N–H and O–H groups in total. The first-order valence-electron chi connectivity index (χ1n) is 18.8. The molecular weight excluding hydrogens is 677 g/mol. The number of hydrogen-bond donors (Lipinski definition) is 2. The number of rotatable bonds is 12. The van der Waals surface area contributed by atoms with Crippen LogP contribution in [0, 0.1) is 35.5 Å². The molecule has 0 unspecified atom stereocenters. The number of benzene rings is 4. The van der Waals surface area contributed by atoms with Gasteiger partial charge in [-0.05, 0) is 136 Å². The Labute approximate surface area is 318 Å². The van der Waals surface area contributed by atoms with Crippen LogP contribution in [-0.2, 0) is 19.2 Å². The fourth-order valence-corrected chi connectivity index (χ4v) is 5.86. The van der Waals surface area contributed by atoms with Crippen molar-refractivity contribution in [3.05, 3.63) is 119 Å². The molecule has 0 bridgehead atoms. The minimum Gasteiger partial charge on any atom is -0.426 e. The Bertz CT molecular complexity index is 1860. The summed E-state index contributed by atoms with van der Waals surface area (Å²) in [6.07, 6.45) is 6.90. The largest absolute Gasteiger partial charge is 0.426 e. The minimum absolute atomic E-state index is 0.0118. The summed E-state index contributed by atoms with van der Waals surface area (Å²) in [7, 11) is 0. The Hall–Kier alpha value is -6.12. The number of nitrogens with one attached hydrogen (secondary N) is 2. The number of esters is 2. The van der Waals surface area contributed by atoms with Crippen molar-refractivity contribution in [2.24, 2.45) is 11.8 Å². The van der Waals surface area contributed by atoms with Gasteiger partial charge in [0.15, 0.2) is 0 Å². The molecule has 54 heavy (non-hydrogen) atoms. The molecule has 0 radical (unpaired) electrons. The highest BCUT2D eigenvalue weighted by Gasteiger charge is 2.32. The number of hydrogen-bond acceptors (Lipinski definition) is 6. The predicted octanol–water partition coefficient (Wildman–Crippen LogP) is 9.06. The molecule has 1 fully saturated rings. The quantitative estimate of drug-likeness (QED) is 0.0858. The molecule has 1 aliphatic carbocycles. The van der Waals surface area contributed by atoms with Crippen molar-refractivity contribution in [2.75, 3.05) is 10.6 Å². The van der Waals surface area contributed by atoms with Gasteiger partial charge >= 0.3 is 11.9 Å². The van der Waals surface area contributed by atoms with E-state index in [4.69, 9.17) is 9.47 Å². The van der Waals surface area contributed by atoms with E-state index < -0.39 is 0 Å². The molecule has 8 heteroatoms. The zero-order valence-corrected chi connectivity index (χ0v) is 30.9. The van der Waals surface area contributed by atoms with E-state index in [-0.39, 0.29) is 35.6 Å². The van der Waals surface area contributed by atoms with Crippen LogP contribution in [-0.4, -0.2) is 23.8 Å². The van der Waals surface area contributed by atoms with Gasteiger partial charge < -0.3 is 20.1 Å². The van der Waals surface area contributed by atoms with Gasteiger partial charge in [-0.25, -0.2) is 0 Å². The lowest BCUT2D eigenvalue weighted by Crippen LogP contribution is -2.30. The Balaban J connectivity index is 1.02. The average Bonchev–Trinajstić information content (AvgIpc) is 3.20. The normalized spacial score (nSPS) is 14.6. The van der Waals surface area contributed by atoms with E-state index in [0.29, 0.717) is 50.0 Å². The first-order valence-corrected chi connectivity index (χ1v) is 18.8. The summed E-state index contributed by atoms with van der Waals surface area (Å²) < 4.78 is 11.3. The van der Waals surface area contributed by atoms with Crippen molar-refractivity contribution in [3.8, 4) is 35.2 Å². The second kappa shape index (κ2) is 20.2. The summed E-state index contributed by atoms with van der Waals surface area (Å²) >= 11 is 0. The molecule has 0 heterocycles. The number of unbranched alkanes of at least 4 members (excludes halogenated alkanes) is 2. The van der Waals surface area contributed by atoms with Crippen LogP contribution in [0.1, 0.15) is 100 Å². The van der Waals surface area contributed by atoms with E-state index in [2.05, 4.69) is 48.2 Å². The molecule has 0 aliphatic heterocycles. The summed E-state index contributed by atoms with van der Waals surface area (Å²) in [6.45, 7) is 4.11. The van der Waals surface area contributed by atoms with Gasteiger partial charge in [0.2, 0.25) is 11.8 Å². The molecule has 4 aromatic rings. The molecule has 4 aromatic carbocycles. The van der Waals surface area contributed by atoms with Crippen molar-refractivity contribution < 1.29 is 28.7 Å². The van der Waals surface area contributed by atoms with Gasteiger partial charge in [-0.15, -0.1) is 0 Å². The third-order valence-electron chi connectivity index (χ3n) is 9.09. The molecule has 5 rings (SSSR count). The van der Waals surface area contributed by atoms with Crippen LogP contribution in [0.25, 0.3) is 0 Å². The van der Waals surface area contributed by atoms with Gasteiger partial charge in [0.25, 0.3) is 0 Å². The van der Waals surface area contributed by atoms with Gasteiger partial charge in [0.1, 0.15) is 11.5 Å². The summed E-state index contributed by atoms with van der Waals surface area (Å²) in [4.78, 5) is 49.7. The van der Waals surface area contributed by atoms with Crippen LogP contribution in [0.3, 0.4) is 0 Å². The summed E-state index contributed by atoms with van der Waals surface area (Å²) in [5, 5.41) is 5.79. The van der Waals surface area contributed by atoms with Crippen molar-refractivity contribution >= 4 is 35.1 Å². The molecule has 1 aliphatic rings. The van der Waals surface area contributed by atoms with Gasteiger partial charge in [-0.1, -0.05) is 50.4 Å². The topological polar surface area (TPSA) is 111 Å². The highest BCUT2D eigenvalue weighted by atomic mass is 16.5. The van der Waals surface area contributed by atoms with Crippen molar-refractivity contribution in [1.29, 1.82) is 0 Å². The number of amides is 2. The van der Waals surface area contributed by atoms with Gasteiger partial charge in [0, 0.05) is 46.5 Å². The minimum atomic E-state index is -0.302. The van der Waals surface area contributed by atoms with Crippen LogP contribution in [0.5, 0.6) is 11.5 Å². The van der Waals surface area contributed by atoms with Gasteiger partial charge in [-0.3, -0.25) is 19.2 Å². The third-order valence-corrected chi connectivity index (χ3v) is 9.09. The number of carbonyl (C=O) groups excluding carboxylic acids is 4. The Morgan fingerprint density at radius 2 is 0.796 bits per heavy atom. The molecule has 0 saturated heterocycles. The van der Waals surface area contributed by atoms with E-state index >= 15 is 0 Å². The monoisotopic (exact) mass is 722 g/mol. The highest BCUT2D eigenvalue weighted by molar-refractivity contribution is 5.91. The summed E-state index contributed by atoms with van der Waals surface area (Å²) in [6, 6.07) is 29.0. The Morgan fingerprint density at radius 3 is 1.09 bits per heavy atom. The van der Waals surface area contributed by atoms with Crippen molar-refractivity contribution in [2.45, 2.75) is 78.1 Å². The Kier molecular flexibility index (Phi) is 14.6. The van der Waals surface area contributed by atoms with E-state index in [1.165, 1.54) is 0 Å². The summed E-state index contributed by atoms with van der Waals surface area (Å²) in [5.41, 5.74) is 4.69. The molecule has 1 saturated carbocycles.